The van der Waals surface area contributed by atoms with Gasteiger partial charge >= 0.3 is 0 Å². The van der Waals surface area contributed by atoms with Gasteiger partial charge in [-0.25, -0.2) is 0 Å². The number of rotatable bonds is 4. The van der Waals surface area contributed by atoms with E-state index in [1.165, 1.54) is 4.31 Å². The number of nitrogens with one attached hydrogen (secondary N) is 1. The Morgan fingerprint density at radius 3 is 2.56 bits per heavy atom. The third-order valence-corrected chi connectivity index (χ3v) is 4.48. The molecule has 1 aliphatic heterocycles. The van der Waals surface area contributed by atoms with Crippen LogP contribution >= 0.6 is 0 Å². The fourth-order valence-corrected chi connectivity index (χ4v) is 3.12. The second kappa shape index (κ2) is 5.73. The van der Waals surface area contributed by atoms with Crippen LogP contribution in [0.3, 0.4) is 0 Å². The van der Waals surface area contributed by atoms with Gasteiger partial charge < -0.3 is 0 Å². The van der Waals surface area contributed by atoms with Crippen LogP contribution in [-0.2, 0) is 16.8 Å². The van der Waals surface area contributed by atoms with Gasteiger partial charge in [0.05, 0.1) is 24.1 Å². The molecule has 7 heteroatoms. The highest BCUT2D eigenvalue weighted by atomic mass is 32.2. The number of hydrogen-bond acceptors (Lipinski definition) is 4. The van der Waals surface area contributed by atoms with Crippen molar-refractivity contribution in [1.29, 1.82) is 0 Å². The lowest BCUT2D eigenvalue weighted by Gasteiger charge is -2.25. The molecule has 6 nitrogen and oxygen atoms in total. The second-order valence-electron chi connectivity index (χ2n) is 4.43. The summed E-state index contributed by atoms with van der Waals surface area (Å²) in [6, 6.07) is 0. The summed E-state index contributed by atoms with van der Waals surface area (Å²) in [6.45, 7) is 3.24. The first-order valence-electron chi connectivity index (χ1n) is 6.10. The normalized spacial score (nSPS) is 17.8. The molecule has 0 saturated carbocycles. The first kappa shape index (κ1) is 13.4. The van der Waals surface area contributed by atoms with E-state index in [1.54, 1.807) is 12.4 Å². The lowest BCUT2D eigenvalue weighted by Crippen LogP contribution is -2.43. The van der Waals surface area contributed by atoms with Gasteiger partial charge in [0.1, 0.15) is 0 Å². The minimum Gasteiger partial charge on any atom is -0.258 e. The summed E-state index contributed by atoms with van der Waals surface area (Å²) in [6.07, 6.45) is 6.20. The predicted molar refractivity (Wildman–Crippen MR) is 68.0 cm³/mol. The van der Waals surface area contributed by atoms with E-state index in [1.807, 2.05) is 6.92 Å². The van der Waals surface area contributed by atoms with Gasteiger partial charge in [0, 0.05) is 19.3 Å². The molecule has 0 spiro atoms. The fraction of sp³-hybridized carbons (Fsp3) is 0.636. The molecule has 100 valence electrons. The molecule has 0 aliphatic carbocycles. The highest BCUT2D eigenvalue weighted by molar-refractivity contribution is 7.87. The van der Waals surface area contributed by atoms with Gasteiger partial charge in [-0.1, -0.05) is 6.42 Å². The monoisotopic (exact) mass is 270 g/mol. The topological polar surface area (TPSA) is 75.2 Å². The van der Waals surface area contributed by atoms with Crippen molar-refractivity contribution in [1.82, 2.24) is 19.0 Å². The van der Waals surface area contributed by atoms with E-state index < -0.39 is 10.2 Å². The van der Waals surface area contributed by atoms with Gasteiger partial charge in [-0.2, -0.15) is 17.4 Å². The fourth-order valence-electron chi connectivity index (χ4n) is 1.87. The van der Waals surface area contributed by atoms with Crippen LogP contribution < -0.4 is 4.72 Å². The molecule has 1 aromatic rings. The van der Waals surface area contributed by atoms with E-state index in [9.17, 15) is 8.42 Å². The van der Waals surface area contributed by atoms with Crippen molar-refractivity contribution in [3.8, 4) is 0 Å². The van der Waals surface area contributed by atoms with Crippen LogP contribution in [0, 0.1) is 6.92 Å². The van der Waals surface area contributed by atoms with Crippen LogP contribution in [0.5, 0.6) is 0 Å². The van der Waals surface area contributed by atoms with Gasteiger partial charge in [0.2, 0.25) is 0 Å². The lowest BCUT2D eigenvalue weighted by atomic mass is 10.2. The average molecular weight is 270 g/mol. The Bertz CT molecular complexity index is 480. The molecule has 1 fully saturated rings. The molecule has 0 unspecified atom stereocenters. The molecule has 0 bridgehead atoms. The zero-order valence-electron chi connectivity index (χ0n) is 10.5. The summed E-state index contributed by atoms with van der Waals surface area (Å²) in [5.74, 6) is 0. The van der Waals surface area contributed by atoms with Gasteiger partial charge in [-0.3, -0.25) is 9.97 Å². The molecule has 2 rings (SSSR count). The molecule has 1 saturated heterocycles. The van der Waals surface area contributed by atoms with Gasteiger partial charge in [-0.15, -0.1) is 0 Å². The Hall–Kier alpha value is -1.05. The molecule has 18 heavy (non-hydrogen) atoms. The molecule has 0 amide bonds. The molecule has 0 aromatic carbocycles. The van der Waals surface area contributed by atoms with E-state index in [0.29, 0.717) is 18.8 Å². The van der Waals surface area contributed by atoms with Crippen molar-refractivity contribution in [3.63, 3.8) is 0 Å². The molecular formula is C11H18N4O2S. The van der Waals surface area contributed by atoms with E-state index in [0.717, 1.165) is 25.0 Å². The third kappa shape index (κ3) is 3.47. The van der Waals surface area contributed by atoms with E-state index in [2.05, 4.69) is 14.7 Å². The molecule has 0 radical (unpaired) electrons. The molecular weight excluding hydrogens is 252 g/mol. The van der Waals surface area contributed by atoms with Crippen molar-refractivity contribution in [2.24, 2.45) is 0 Å². The van der Waals surface area contributed by atoms with Gasteiger partial charge in [0.15, 0.2) is 0 Å². The number of aromatic nitrogens is 2. The van der Waals surface area contributed by atoms with Gasteiger partial charge in [0.25, 0.3) is 10.2 Å². The Kier molecular flexibility index (Phi) is 4.26. The summed E-state index contributed by atoms with van der Waals surface area (Å²) in [5.41, 5.74) is 1.44. The first-order valence-corrected chi connectivity index (χ1v) is 7.54. The average Bonchev–Trinajstić information content (AvgIpc) is 2.39. The number of piperidine rings is 1. The molecule has 2 heterocycles. The third-order valence-electron chi connectivity index (χ3n) is 2.93. The molecule has 1 N–H and O–H groups in total. The second-order valence-corrected chi connectivity index (χ2v) is 6.19. The number of aryl methyl sites for hydroxylation is 1. The number of hydrogen-bond donors (Lipinski definition) is 1. The highest BCUT2D eigenvalue weighted by Gasteiger charge is 2.23. The maximum absolute atomic E-state index is 12.0. The molecule has 1 aromatic heterocycles. The molecule has 0 atom stereocenters. The highest BCUT2D eigenvalue weighted by Crippen LogP contribution is 2.12. The van der Waals surface area contributed by atoms with Crippen molar-refractivity contribution < 1.29 is 8.42 Å². The summed E-state index contributed by atoms with van der Waals surface area (Å²) >= 11 is 0. The summed E-state index contributed by atoms with van der Waals surface area (Å²) in [5, 5.41) is 0. The minimum absolute atomic E-state index is 0.187. The summed E-state index contributed by atoms with van der Waals surface area (Å²) in [7, 11) is -3.38. The lowest BCUT2D eigenvalue weighted by molar-refractivity contribution is 0.341. The molecule has 1 aliphatic rings. The maximum atomic E-state index is 12.0. The van der Waals surface area contributed by atoms with Gasteiger partial charge in [-0.05, 0) is 19.8 Å². The minimum atomic E-state index is -3.38. The maximum Gasteiger partial charge on any atom is 0.279 e. The van der Waals surface area contributed by atoms with Crippen molar-refractivity contribution in [2.75, 3.05) is 13.1 Å². The van der Waals surface area contributed by atoms with E-state index in [4.69, 9.17) is 0 Å². The summed E-state index contributed by atoms with van der Waals surface area (Å²) < 4.78 is 28.0. The van der Waals surface area contributed by atoms with Crippen LogP contribution in [0.2, 0.25) is 0 Å². The van der Waals surface area contributed by atoms with Crippen LogP contribution in [0.15, 0.2) is 12.4 Å². The smallest absolute Gasteiger partial charge is 0.258 e. The zero-order chi connectivity index (χ0) is 13.0. The van der Waals surface area contributed by atoms with E-state index in [-0.39, 0.29) is 6.54 Å². The van der Waals surface area contributed by atoms with E-state index >= 15 is 0 Å². The van der Waals surface area contributed by atoms with Crippen molar-refractivity contribution >= 4 is 10.2 Å². The van der Waals surface area contributed by atoms with Crippen LogP contribution in [-0.4, -0.2) is 35.8 Å². The predicted octanol–water partition coefficient (Wildman–Crippen LogP) is 0.605. The van der Waals surface area contributed by atoms with Crippen LogP contribution in [0.4, 0.5) is 0 Å². The van der Waals surface area contributed by atoms with Crippen molar-refractivity contribution in [3.05, 3.63) is 23.8 Å². The van der Waals surface area contributed by atoms with Crippen LogP contribution in [0.1, 0.15) is 30.7 Å². The van der Waals surface area contributed by atoms with Crippen LogP contribution in [0.25, 0.3) is 0 Å². The quantitative estimate of drug-likeness (QED) is 0.869. The first-order chi connectivity index (χ1) is 8.58. The Labute approximate surface area is 108 Å². The SMILES string of the molecule is Cc1cnc(CNS(=O)(=O)N2CCCCC2)cn1. The zero-order valence-corrected chi connectivity index (χ0v) is 11.3. The number of nitrogens with zero attached hydrogens (tertiary/aromatic N) is 3. The largest absolute Gasteiger partial charge is 0.279 e. The Morgan fingerprint density at radius 1 is 1.22 bits per heavy atom. The Morgan fingerprint density at radius 2 is 1.94 bits per heavy atom. The summed E-state index contributed by atoms with van der Waals surface area (Å²) in [4.78, 5) is 8.20. The Balaban J connectivity index is 1.94. The standard InChI is InChI=1S/C11H18N4O2S/c1-10-7-13-11(8-12-10)9-14-18(16,17)15-5-3-2-4-6-15/h7-8,14H,2-6,9H2,1H3. The van der Waals surface area contributed by atoms with Crippen molar-refractivity contribution in [2.45, 2.75) is 32.7 Å².